The highest BCUT2D eigenvalue weighted by Gasteiger charge is 2.39. The van der Waals surface area contributed by atoms with Crippen LogP contribution in [0.5, 0.6) is 0 Å². The predicted octanol–water partition coefficient (Wildman–Crippen LogP) is 3.93. The van der Waals surface area contributed by atoms with Gasteiger partial charge >= 0.3 is 0 Å². The molecule has 2 aliphatic rings. The minimum atomic E-state index is 0.0263. The van der Waals surface area contributed by atoms with E-state index in [4.69, 9.17) is 0 Å². The molecular weight excluding hydrogens is 280 g/mol. The third-order valence-electron chi connectivity index (χ3n) is 4.91. The number of carbonyl (C=O) groups excluding carboxylic acids is 1. The lowest BCUT2D eigenvalue weighted by Gasteiger charge is -2.29. The van der Waals surface area contributed by atoms with Gasteiger partial charge in [0.25, 0.3) is 0 Å². The molecule has 2 atom stereocenters. The maximum atomic E-state index is 12.7. The second-order valence-corrected chi connectivity index (χ2v) is 7.38. The standard InChI is InChI=1S/C17H26N2OS/c1-2-3-8-14-17(20)19(11-10-13-6-4-7-13)16(18-14)15-9-5-12-21-15/h5,9,12-14,16,18H,2-4,6-8,10-11H2,1H3. The lowest BCUT2D eigenvalue weighted by atomic mass is 9.83. The van der Waals surface area contributed by atoms with E-state index in [9.17, 15) is 4.79 Å². The highest BCUT2D eigenvalue weighted by atomic mass is 32.1. The summed E-state index contributed by atoms with van der Waals surface area (Å²) in [7, 11) is 0. The number of nitrogens with one attached hydrogen (secondary N) is 1. The van der Waals surface area contributed by atoms with Crippen molar-refractivity contribution >= 4 is 17.2 Å². The first kappa shape index (κ1) is 15.0. The van der Waals surface area contributed by atoms with Crippen molar-refractivity contribution in [3.05, 3.63) is 22.4 Å². The molecule has 1 aromatic heterocycles. The Labute approximate surface area is 131 Å². The molecule has 4 heteroatoms. The molecule has 1 aliphatic heterocycles. The Morgan fingerprint density at radius 2 is 2.24 bits per heavy atom. The predicted molar refractivity (Wildman–Crippen MR) is 87.2 cm³/mol. The molecule has 1 saturated carbocycles. The molecule has 0 spiro atoms. The topological polar surface area (TPSA) is 32.3 Å². The SMILES string of the molecule is CCCCC1NC(c2cccs2)N(CCC2CCC2)C1=O. The number of hydrogen-bond acceptors (Lipinski definition) is 3. The summed E-state index contributed by atoms with van der Waals surface area (Å²) in [5, 5.41) is 5.68. The van der Waals surface area contributed by atoms with E-state index >= 15 is 0 Å². The van der Waals surface area contributed by atoms with Crippen LogP contribution < -0.4 is 5.32 Å². The molecule has 116 valence electrons. The number of hydrogen-bond donors (Lipinski definition) is 1. The van der Waals surface area contributed by atoms with E-state index < -0.39 is 0 Å². The third-order valence-corrected chi connectivity index (χ3v) is 5.84. The monoisotopic (exact) mass is 306 g/mol. The van der Waals surface area contributed by atoms with Gasteiger partial charge in [0.05, 0.1) is 6.04 Å². The Morgan fingerprint density at radius 3 is 2.86 bits per heavy atom. The van der Waals surface area contributed by atoms with Crippen LogP contribution in [0.3, 0.4) is 0 Å². The maximum absolute atomic E-state index is 12.7. The molecule has 1 saturated heterocycles. The van der Waals surface area contributed by atoms with E-state index in [1.807, 2.05) is 0 Å². The molecule has 2 fully saturated rings. The zero-order chi connectivity index (χ0) is 14.7. The van der Waals surface area contributed by atoms with E-state index in [1.165, 1.54) is 30.6 Å². The third kappa shape index (κ3) is 3.32. The minimum Gasteiger partial charge on any atom is -0.321 e. The van der Waals surface area contributed by atoms with Gasteiger partial charge in [0.15, 0.2) is 0 Å². The highest BCUT2D eigenvalue weighted by Crippen LogP contribution is 2.34. The zero-order valence-electron chi connectivity index (χ0n) is 12.9. The fourth-order valence-electron chi connectivity index (χ4n) is 3.32. The van der Waals surface area contributed by atoms with Crippen molar-refractivity contribution in [2.75, 3.05) is 6.54 Å². The minimum absolute atomic E-state index is 0.0263. The second kappa shape index (κ2) is 6.93. The zero-order valence-corrected chi connectivity index (χ0v) is 13.7. The van der Waals surface area contributed by atoms with Crippen LogP contribution in [-0.2, 0) is 4.79 Å². The maximum Gasteiger partial charge on any atom is 0.241 e. The number of thiophene rings is 1. The second-order valence-electron chi connectivity index (χ2n) is 6.40. The van der Waals surface area contributed by atoms with E-state index in [0.29, 0.717) is 5.91 Å². The molecule has 1 aliphatic carbocycles. The Bertz CT molecular complexity index is 455. The van der Waals surface area contributed by atoms with Gasteiger partial charge in [-0.25, -0.2) is 0 Å². The van der Waals surface area contributed by atoms with Crippen LogP contribution in [0.25, 0.3) is 0 Å². The Kier molecular flexibility index (Phi) is 4.96. The van der Waals surface area contributed by atoms with Crippen LogP contribution in [0.4, 0.5) is 0 Å². The molecule has 21 heavy (non-hydrogen) atoms. The van der Waals surface area contributed by atoms with Crippen molar-refractivity contribution in [2.24, 2.45) is 5.92 Å². The summed E-state index contributed by atoms with van der Waals surface area (Å²) in [6, 6.07) is 4.25. The average Bonchev–Trinajstić information content (AvgIpc) is 3.04. The lowest BCUT2D eigenvalue weighted by molar-refractivity contribution is -0.130. The average molecular weight is 306 g/mol. The molecule has 0 bridgehead atoms. The van der Waals surface area contributed by atoms with E-state index in [-0.39, 0.29) is 12.2 Å². The van der Waals surface area contributed by atoms with E-state index in [0.717, 1.165) is 31.7 Å². The number of rotatable bonds is 7. The van der Waals surface area contributed by atoms with Gasteiger partial charge in [-0.15, -0.1) is 11.3 Å². The molecular formula is C17H26N2OS. The van der Waals surface area contributed by atoms with Gasteiger partial charge < -0.3 is 4.90 Å². The quantitative estimate of drug-likeness (QED) is 0.828. The summed E-state index contributed by atoms with van der Waals surface area (Å²) in [5.74, 6) is 1.18. The van der Waals surface area contributed by atoms with Gasteiger partial charge in [0.1, 0.15) is 6.17 Å². The van der Waals surface area contributed by atoms with E-state index in [1.54, 1.807) is 11.3 Å². The first-order valence-electron chi connectivity index (χ1n) is 8.39. The summed E-state index contributed by atoms with van der Waals surface area (Å²) in [5.41, 5.74) is 0. The molecule has 1 amide bonds. The Balaban J connectivity index is 1.67. The first-order valence-corrected chi connectivity index (χ1v) is 9.27. The number of amides is 1. The Hall–Kier alpha value is -0.870. The van der Waals surface area contributed by atoms with Crippen LogP contribution in [0.15, 0.2) is 17.5 Å². The summed E-state index contributed by atoms with van der Waals surface area (Å²) in [6.45, 7) is 3.10. The largest absolute Gasteiger partial charge is 0.321 e. The van der Waals surface area contributed by atoms with Crippen LogP contribution >= 0.6 is 11.3 Å². The first-order chi connectivity index (χ1) is 10.3. The fraction of sp³-hybridized carbons (Fsp3) is 0.706. The van der Waals surface area contributed by atoms with Crippen molar-refractivity contribution in [1.29, 1.82) is 0 Å². The molecule has 0 aromatic carbocycles. The fourth-order valence-corrected chi connectivity index (χ4v) is 4.11. The van der Waals surface area contributed by atoms with Crippen molar-refractivity contribution in [3.63, 3.8) is 0 Å². The summed E-state index contributed by atoms with van der Waals surface area (Å²) >= 11 is 1.75. The van der Waals surface area contributed by atoms with Crippen LogP contribution in [0.2, 0.25) is 0 Å². The molecule has 2 unspecified atom stereocenters. The number of unbranched alkanes of at least 4 members (excludes halogenated alkanes) is 1. The van der Waals surface area contributed by atoms with E-state index in [2.05, 4.69) is 34.7 Å². The van der Waals surface area contributed by atoms with Crippen molar-refractivity contribution in [2.45, 2.75) is 64.1 Å². The molecule has 3 nitrogen and oxygen atoms in total. The highest BCUT2D eigenvalue weighted by molar-refractivity contribution is 7.10. The van der Waals surface area contributed by atoms with Crippen molar-refractivity contribution in [1.82, 2.24) is 10.2 Å². The summed E-state index contributed by atoms with van der Waals surface area (Å²) in [6.07, 6.45) is 8.63. The smallest absolute Gasteiger partial charge is 0.241 e. The van der Waals surface area contributed by atoms with Gasteiger partial charge in [0, 0.05) is 11.4 Å². The number of nitrogens with zero attached hydrogens (tertiary/aromatic N) is 1. The molecule has 3 rings (SSSR count). The van der Waals surface area contributed by atoms with Gasteiger partial charge in [-0.3, -0.25) is 10.1 Å². The molecule has 2 heterocycles. The van der Waals surface area contributed by atoms with Gasteiger partial charge in [-0.1, -0.05) is 45.1 Å². The van der Waals surface area contributed by atoms with Gasteiger partial charge in [0.2, 0.25) is 5.91 Å². The van der Waals surface area contributed by atoms with Crippen LogP contribution in [0.1, 0.15) is 62.9 Å². The Morgan fingerprint density at radius 1 is 1.38 bits per heavy atom. The summed E-state index contributed by atoms with van der Waals surface area (Å²) < 4.78 is 0. The normalized spacial score (nSPS) is 26.3. The van der Waals surface area contributed by atoms with Crippen LogP contribution in [0, 0.1) is 5.92 Å². The molecule has 0 radical (unpaired) electrons. The number of carbonyl (C=O) groups is 1. The summed E-state index contributed by atoms with van der Waals surface area (Å²) in [4.78, 5) is 16.1. The van der Waals surface area contributed by atoms with Gasteiger partial charge in [-0.2, -0.15) is 0 Å². The lowest BCUT2D eigenvalue weighted by Crippen LogP contribution is -2.33. The van der Waals surface area contributed by atoms with Crippen molar-refractivity contribution in [3.8, 4) is 0 Å². The van der Waals surface area contributed by atoms with Gasteiger partial charge in [-0.05, 0) is 30.2 Å². The molecule has 1 N–H and O–H groups in total. The van der Waals surface area contributed by atoms with Crippen LogP contribution in [-0.4, -0.2) is 23.4 Å². The van der Waals surface area contributed by atoms with Crippen molar-refractivity contribution < 1.29 is 4.79 Å². The molecule has 1 aromatic rings.